The second-order valence-electron chi connectivity index (χ2n) is 7.15. The van der Waals surface area contributed by atoms with Crippen molar-refractivity contribution in [2.45, 2.75) is 90.9 Å². The van der Waals surface area contributed by atoms with Crippen molar-refractivity contribution < 1.29 is 42.9 Å². The molecule has 1 aliphatic rings. The van der Waals surface area contributed by atoms with Crippen LogP contribution in [0, 0.1) is 0 Å². The summed E-state index contributed by atoms with van der Waals surface area (Å²) < 4.78 is 27.5. The Morgan fingerprint density at radius 3 is 2.03 bits per heavy atom. The van der Waals surface area contributed by atoms with E-state index in [1.165, 1.54) is 27.7 Å². The molecule has 1 fully saturated rings. The van der Waals surface area contributed by atoms with Gasteiger partial charge in [0, 0.05) is 34.3 Å². The first-order chi connectivity index (χ1) is 14.1. The maximum Gasteiger partial charge on any atom is 0.303 e. The number of hydrogen-bond acceptors (Lipinski definition) is 9. The minimum Gasteiger partial charge on any atom is -0.463 e. The van der Waals surface area contributed by atoms with Crippen LogP contribution in [0.3, 0.4) is 0 Å². The predicted octanol–water partition coefficient (Wildman–Crippen LogP) is 1.24. The first-order valence-corrected chi connectivity index (χ1v) is 10.2. The lowest BCUT2D eigenvalue weighted by Crippen LogP contribution is -2.66. The highest BCUT2D eigenvalue weighted by Gasteiger charge is 2.51. The molecule has 1 heterocycles. The van der Waals surface area contributed by atoms with Crippen molar-refractivity contribution in [3.05, 3.63) is 0 Å². The molecule has 1 saturated heterocycles. The number of carbonyl (C=O) groups excluding carboxylic acids is 4. The lowest BCUT2D eigenvalue weighted by atomic mass is 9.96. The quantitative estimate of drug-likeness (QED) is 0.292. The number of nitrogens with one attached hydrogen (secondary N) is 1. The summed E-state index contributed by atoms with van der Waals surface area (Å²) in [6, 6.07) is -0.921. The average Bonchev–Trinajstić information content (AvgIpc) is 2.63. The zero-order valence-electron chi connectivity index (χ0n) is 18.3. The Bertz CT molecular complexity index is 595. The van der Waals surface area contributed by atoms with Gasteiger partial charge in [0.05, 0.1) is 0 Å². The van der Waals surface area contributed by atoms with Gasteiger partial charge in [0.15, 0.2) is 18.5 Å². The summed E-state index contributed by atoms with van der Waals surface area (Å²) in [4.78, 5) is 46.5. The largest absolute Gasteiger partial charge is 0.463 e. The third kappa shape index (κ3) is 9.08. The molecule has 1 N–H and O–H groups in total. The molecule has 172 valence electrons. The van der Waals surface area contributed by atoms with E-state index < -0.39 is 54.5 Å². The molecule has 10 heteroatoms. The van der Waals surface area contributed by atoms with Gasteiger partial charge in [-0.1, -0.05) is 26.2 Å². The summed E-state index contributed by atoms with van der Waals surface area (Å²) in [6.45, 7) is 7.13. The number of ether oxygens (including phenoxy) is 5. The van der Waals surface area contributed by atoms with Gasteiger partial charge >= 0.3 is 17.9 Å². The van der Waals surface area contributed by atoms with Crippen molar-refractivity contribution in [1.82, 2.24) is 5.32 Å². The van der Waals surface area contributed by atoms with Crippen molar-refractivity contribution in [3.8, 4) is 0 Å². The number of rotatable bonds is 11. The molecule has 10 nitrogen and oxygen atoms in total. The van der Waals surface area contributed by atoms with Gasteiger partial charge in [-0.05, 0) is 6.42 Å². The highest BCUT2D eigenvalue weighted by Crippen LogP contribution is 2.28. The van der Waals surface area contributed by atoms with Crippen LogP contribution in [0.25, 0.3) is 0 Å². The fourth-order valence-electron chi connectivity index (χ4n) is 3.16. The molecular formula is C20H33NO9. The first-order valence-electron chi connectivity index (χ1n) is 10.2. The van der Waals surface area contributed by atoms with Crippen LogP contribution in [0.4, 0.5) is 0 Å². The van der Waals surface area contributed by atoms with Crippen LogP contribution in [0.1, 0.15) is 60.3 Å². The summed E-state index contributed by atoms with van der Waals surface area (Å²) in [5, 5.41) is 2.66. The van der Waals surface area contributed by atoms with Crippen molar-refractivity contribution in [2.75, 3.05) is 13.2 Å². The number of amides is 1. The van der Waals surface area contributed by atoms with Gasteiger partial charge in [0.1, 0.15) is 18.8 Å². The number of esters is 3. The molecule has 0 aromatic heterocycles. The lowest BCUT2D eigenvalue weighted by Gasteiger charge is -2.44. The molecule has 0 unspecified atom stereocenters. The molecule has 1 amide bonds. The Morgan fingerprint density at radius 1 is 0.867 bits per heavy atom. The standard InChI is InChI=1S/C20H33NO9/c1-6-7-8-9-10-26-20-17(21-12(2)22)19(29-15(5)25)18(28-14(4)24)16(30-20)11-27-13(3)23/h16-20H,6-11H2,1-5H3,(H,21,22)/t16-,17+,18+,19+,20-/m1/s1. The van der Waals surface area contributed by atoms with E-state index in [2.05, 4.69) is 12.2 Å². The summed E-state index contributed by atoms with van der Waals surface area (Å²) >= 11 is 0. The van der Waals surface area contributed by atoms with Crippen LogP contribution in [0.2, 0.25) is 0 Å². The van der Waals surface area contributed by atoms with E-state index >= 15 is 0 Å². The number of carbonyl (C=O) groups is 4. The Kier molecular flexibility index (Phi) is 11.3. The zero-order valence-corrected chi connectivity index (χ0v) is 18.3. The fourth-order valence-corrected chi connectivity index (χ4v) is 3.16. The van der Waals surface area contributed by atoms with Crippen molar-refractivity contribution >= 4 is 23.8 Å². The van der Waals surface area contributed by atoms with Crippen LogP contribution >= 0.6 is 0 Å². The molecule has 1 aliphatic heterocycles. The Hall–Kier alpha value is -2.20. The monoisotopic (exact) mass is 431 g/mol. The van der Waals surface area contributed by atoms with Crippen molar-refractivity contribution in [1.29, 1.82) is 0 Å². The molecule has 0 aromatic rings. The topological polar surface area (TPSA) is 126 Å². The Labute approximate surface area is 176 Å². The van der Waals surface area contributed by atoms with E-state index in [-0.39, 0.29) is 6.61 Å². The van der Waals surface area contributed by atoms with Crippen LogP contribution in [-0.4, -0.2) is 67.7 Å². The average molecular weight is 431 g/mol. The second kappa shape index (κ2) is 13.2. The Balaban J connectivity index is 3.13. The first kappa shape index (κ1) is 25.8. The van der Waals surface area contributed by atoms with E-state index in [4.69, 9.17) is 23.7 Å². The maximum atomic E-state index is 11.8. The molecule has 0 radical (unpaired) electrons. The minimum atomic E-state index is -1.11. The second-order valence-corrected chi connectivity index (χ2v) is 7.15. The van der Waals surface area contributed by atoms with E-state index in [9.17, 15) is 19.2 Å². The van der Waals surface area contributed by atoms with Gasteiger partial charge in [-0.15, -0.1) is 0 Å². The molecule has 0 bridgehead atoms. The third-order valence-electron chi connectivity index (χ3n) is 4.35. The normalized spacial score (nSPS) is 25.8. The van der Waals surface area contributed by atoms with Crippen LogP contribution < -0.4 is 5.32 Å². The van der Waals surface area contributed by atoms with Crippen LogP contribution in [0.15, 0.2) is 0 Å². The minimum absolute atomic E-state index is 0.243. The fraction of sp³-hybridized carbons (Fsp3) is 0.800. The molecule has 30 heavy (non-hydrogen) atoms. The van der Waals surface area contributed by atoms with Crippen LogP contribution in [0.5, 0.6) is 0 Å². The van der Waals surface area contributed by atoms with Crippen LogP contribution in [-0.2, 0) is 42.9 Å². The maximum absolute atomic E-state index is 11.8. The molecule has 0 aliphatic carbocycles. The van der Waals surface area contributed by atoms with E-state index in [0.29, 0.717) is 6.61 Å². The van der Waals surface area contributed by atoms with E-state index in [1.807, 2.05) is 0 Å². The third-order valence-corrected chi connectivity index (χ3v) is 4.35. The lowest BCUT2D eigenvalue weighted by molar-refractivity contribution is -0.277. The summed E-state index contributed by atoms with van der Waals surface area (Å²) in [6.07, 6.45) is -0.274. The van der Waals surface area contributed by atoms with Gasteiger partial charge in [-0.25, -0.2) is 0 Å². The van der Waals surface area contributed by atoms with Gasteiger partial charge in [0.25, 0.3) is 0 Å². The smallest absolute Gasteiger partial charge is 0.303 e. The summed E-state index contributed by atoms with van der Waals surface area (Å²) in [5.74, 6) is -2.23. The molecular weight excluding hydrogens is 398 g/mol. The van der Waals surface area contributed by atoms with E-state index in [0.717, 1.165) is 25.7 Å². The molecule has 0 saturated carbocycles. The molecule has 0 spiro atoms. The van der Waals surface area contributed by atoms with Gasteiger partial charge in [-0.3, -0.25) is 19.2 Å². The predicted molar refractivity (Wildman–Crippen MR) is 104 cm³/mol. The van der Waals surface area contributed by atoms with Crippen molar-refractivity contribution in [2.24, 2.45) is 0 Å². The number of unbranched alkanes of at least 4 members (excludes halogenated alkanes) is 3. The highest BCUT2D eigenvalue weighted by atomic mass is 16.7. The summed E-state index contributed by atoms with van der Waals surface area (Å²) in [5.41, 5.74) is 0. The van der Waals surface area contributed by atoms with Gasteiger partial charge in [0.2, 0.25) is 5.91 Å². The molecule has 0 aromatic carbocycles. The van der Waals surface area contributed by atoms with E-state index in [1.54, 1.807) is 0 Å². The number of hydrogen-bond donors (Lipinski definition) is 1. The molecule has 1 rings (SSSR count). The molecule has 5 atom stereocenters. The SMILES string of the molecule is CCCCCCO[C@@H]1O[C@H](COC(C)=O)[C@H](OC(C)=O)[C@@H](OC(C)=O)[C@@H]1NC(C)=O. The summed E-state index contributed by atoms with van der Waals surface area (Å²) in [7, 11) is 0. The van der Waals surface area contributed by atoms with Gasteiger partial charge in [-0.2, -0.15) is 0 Å². The Morgan fingerprint density at radius 2 is 1.50 bits per heavy atom. The van der Waals surface area contributed by atoms with Gasteiger partial charge < -0.3 is 29.0 Å². The van der Waals surface area contributed by atoms with Crippen molar-refractivity contribution in [3.63, 3.8) is 0 Å². The highest BCUT2D eigenvalue weighted by molar-refractivity contribution is 5.73. The zero-order chi connectivity index (χ0) is 22.7.